The molecule has 0 saturated heterocycles. The van der Waals surface area contributed by atoms with Gasteiger partial charge in [-0.3, -0.25) is 4.84 Å². The molecule has 39 heavy (non-hydrogen) atoms. The average Bonchev–Trinajstić information content (AvgIpc) is 3.43. The lowest BCUT2D eigenvalue weighted by molar-refractivity contribution is 0.0315. The van der Waals surface area contributed by atoms with Gasteiger partial charge in [0.15, 0.2) is 0 Å². The maximum atomic E-state index is 7.04. The van der Waals surface area contributed by atoms with Crippen LogP contribution in [-0.4, -0.2) is 0 Å². The van der Waals surface area contributed by atoms with Crippen LogP contribution < -0.4 is 5.06 Å². The number of anilines is 1. The second kappa shape index (κ2) is 10.1. The molecule has 0 bridgehead atoms. The van der Waals surface area contributed by atoms with Crippen LogP contribution in [-0.2, 0) is 4.84 Å². The van der Waals surface area contributed by atoms with Crippen LogP contribution in [0.4, 0.5) is 5.69 Å². The number of hydrogen-bond donors (Lipinski definition) is 0. The van der Waals surface area contributed by atoms with E-state index >= 15 is 0 Å². The Morgan fingerprint density at radius 2 is 0.872 bits per heavy atom. The minimum absolute atomic E-state index is 0.222. The Hall–Kier alpha value is -4.86. The molecule has 5 aromatic carbocycles. The third kappa shape index (κ3) is 4.23. The first-order chi connectivity index (χ1) is 19.4. The number of nitrogens with zero attached hydrogens (tertiary/aromatic N) is 1. The van der Waals surface area contributed by atoms with Crippen molar-refractivity contribution in [1.82, 2.24) is 0 Å². The molecule has 0 unspecified atom stereocenters. The van der Waals surface area contributed by atoms with E-state index in [4.69, 9.17) is 9.25 Å². The van der Waals surface area contributed by atoms with Crippen LogP contribution in [0.5, 0.6) is 0 Å². The predicted octanol–water partition coefficient (Wildman–Crippen LogP) is 9.24. The third-order valence-corrected chi connectivity index (χ3v) is 7.27. The molecular formula is C36H27NO2. The monoisotopic (exact) mass is 505 g/mol. The average molecular weight is 506 g/mol. The van der Waals surface area contributed by atoms with Crippen molar-refractivity contribution in [2.24, 2.45) is 0 Å². The number of fused-ring (bicyclic) bond motifs is 1. The number of hydrogen-bond acceptors (Lipinski definition) is 3. The quantitative estimate of drug-likeness (QED) is 0.233. The zero-order valence-corrected chi connectivity index (χ0v) is 21.4. The van der Waals surface area contributed by atoms with Crippen molar-refractivity contribution in [3.8, 4) is 22.6 Å². The fourth-order valence-corrected chi connectivity index (χ4v) is 5.52. The second-order valence-corrected chi connectivity index (χ2v) is 9.69. The Bertz CT molecular complexity index is 1660. The summed E-state index contributed by atoms with van der Waals surface area (Å²) in [5, 5.41) is 2.06. The Kier molecular flexibility index (Phi) is 6.04. The van der Waals surface area contributed by atoms with Gasteiger partial charge in [-0.15, -0.1) is 0 Å². The molecule has 1 aromatic heterocycles. The van der Waals surface area contributed by atoms with Crippen LogP contribution in [0.3, 0.4) is 0 Å². The molecule has 2 heterocycles. The molecule has 0 fully saturated rings. The summed E-state index contributed by atoms with van der Waals surface area (Å²) in [5.74, 6) is 1.70. The second-order valence-electron chi connectivity index (χ2n) is 9.69. The maximum absolute atomic E-state index is 7.04. The van der Waals surface area contributed by atoms with E-state index in [1.54, 1.807) is 0 Å². The van der Waals surface area contributed by atoms with Crippen molar-refractivity contribution in [3.63, 3.8) is 0 Å². The first-order valence-electron chi connectivity index (χ1n) is 13.3. The van der Waals surface area contributed by atoms with E-state index in [0.29, 0.717) is 0 Å². The highest BCUT2D eigenvalue weighted by Gasteiger charge is 2.43. The molecule has 0 saturated carbocycles. The number of benzene rings is 5. The van der Waals surface area contributed by atoms with Crippen molar-refractivity contribution in [1.29, 1.82) is 0 Å². The highest BCUT2D eigenvalue weighted by molar-refractivity contribution is 5.77. The molecule has 7 rings (SSSR count). The molecule has 3 heteroatoms. The van der Waals surface area contributed by atoms with Gasteiger partial charge in [0, 0.05) is 22.3 Å². The summed E-state index contributed by atoms with van der Waals surface area (Å²) < 4.78 is 6.92. The zero-order chi connectivity index (χ0) is 26.0. The summed E-state index contributed by atoms with van der Waals surface area (Å²) in [7, 11) is 0. The summed E-state index contributed by atoms with van der Waals surface area (Å²) in [5.41, 5.74) is 7.44. The van der Waals surface area contributed by atoms with Crippen molar-refractivity contribution in [2.45, 2.75) is 12.1 Å². The largest absolute Gasteiger partial charge is 0.455 e. The SMILES string of the molecule is c1ccc(-c2oc(-c3ccccc3)c3c2[C@@H](c2ccccc2)ON(c2ccccc2)[C@H]3c2ccccc2)cc1. The van der Waals surface area contributed by atoms with Gasteiger partial charge in [-0.1, -0.05) is 140 Å². The minimum atomic E-state index is -0.363. The lowest BCUT2D eigenvalue weighted by Crippen LogP contribution is -2.37. The van der Waals surface area contributed by atoms with E-state index in [9.17, 15) is 0 Å². The van der Waals surface area contributed by atoms with Gasteiger partial charge in [-0.05, 0) is 23.3 Å². The van der Waals surface area contributed by atoms with E-state index in [2.05, 4.69) is 132 Å². The van der Waals surface area contributed by atoms with Crippen molar-refractivity contribution < 1.29 is 9.25 Å². The number of furan rings is 1. The molecule has 0 radical (unpaired) electrons. The Labute approximate surface area is 228 Å². The highest BCUT2D eigenvalue weighted by atomic mass is 16.7. The minimum Gasteiger partial charge on any atom is -0.455 e. The van der Waals surface area contributed by atoms with E-state index in [0.717, 1.165) is 50.6 Å². The molecule has 1 aliphatic rings. The van der Waals surface area contributed by atoms with Crippen LogP contribution in [0.1, 0.15) is 34.4 Å². The number of hydroxylamine groups is 1. The van der Waals surface area contributed by atoms with E-state index in [1.165, 1.54) is 0 Å². The maximum Gasteiger partial charge on any atom is 0.141 e. The third-order valence-electron chi connectivity index (χ3n) is 7.27. The van der Waals surface area contributed by atoms with Crippen molar-refractivity contribution >= 4 is 5.69 Å². The Balaban J connectivity index is 1.58. The van der Waals surface area contributed by atoms with Gasteiger partial charge in [0.1, 0.15) is 23.7 Å². The van der Waals surface area contributed by atoms with Crippen LogP contribution in [0.2, 0.25) is 0 Å². The lowest BCUT2D eigenvalue weighted by atomic mass is 9.86. The first-order valence-corrected chi connectivity index (χ1v) is 13.3. The molecular weight excluding hydrogens is 478 g/mol. The summed E-state index contributed by atoms with van der Waals surface area (Å²) in [4.78, 5) is 7.04. The Morgan fingerprint density at radius 3 is 1.41 bits per heavy atom. The molecule has 0 amide bonds. The predicted molar refractivity (Wildman–Crippen MR) is 156 cm³/mol. The van der Waals surface area contributed by atoms with Gasteiger partial charge < -0.3 is 4.42 Å². The molecule has 1 aliphatic heterocycles. The lowest BCUT2D eigenvalue weighted by Gasteiger charge is -2.41. The van der Waals surface area contributed by atoms with Gasteiger partial charge in [0.05, 0.1) is 5.69 Å². The Morgan fingerprint density at radius 1 is 0.436 bits per heavy atom. The summed E-state index contributed by atoms with van der Waals surface area (Å²) in [6.07, 6.45) is -0.363. The van der Waals surface area contributed by atoms with Gasteiger partial charge >= 0.3 is 0 Å². The highest BCUT2D eigenvalue weighted by Crippen LogP contribution is 2.53. The topological polar surface area (TPSA) is 25.6 Å². The molecule has 6 aromatic rings. The smallest absolute Gasteiger partial charge is 0.141 e. The first kappa shape index (κ1) is 23.3. The summed E-state index contributed by atoms with van der Waals surface area (Å²) in [6.45, 7) is 0. The van der Waals surface area contributed by atoms with Crippen LogP contribution >= 0.6 is 0 Å². The van der Waals surface area contributed by atoms with Crippen LogP contribution in [0.15, 0.2) is 156 Å². The fraction of sp³-hybridized carbons (Fsp3) is 0.0556. The molecule has 2 atom stereocenters. The van der Waals surface area contributed by atoms with Crippen molar-refractivity contribution in [2.75, 3.05) is 5.06 Å². The van der Waals surface area contributed by atoms with Crippen LogP contribution in [0.25, 0.3) is 22.6 Å². The van der Waals surface area contributed by atoms with Crippen molar-refractivity contribution in [3.05, 3.63) is 174 Å². The molecule has 3 nitrogen and oxygen atoms in total. The molecule has 0 aliphatic carbocycles. The van der Waals surface area contributed by atoms with E-state index in [1.807, 2.05) is 24.3 Å². The van der Waals surface area contributed by atoms with Gasteiger partial charge in [0.2, 0.25) is 0 Å². The normalized spacial score (nSPS) is 16.6. The van der Waals surface area contributed by atoms with E-state index < -0.39 is 0 Å². The number of para-hydroxylation sites is 1. The van der Waals surface area contributed by atoms with Crippen LogP contribution in [0, 0.1) is 0 Å². The fourth-order valence-electron chi connectivity index (χ4n) is 5.52. The number of rotatable bonds is 5. The molecule has 0 spiro atoms. The standard InChI is InChI=1S/C36H27NO2/c1-6-16-26(17-7-1)33-31-32(35(28-20-10-3-11-21-28)38-34(31)27-18-8-2-9-19-27)36(29-22-12-4-13-23-29)39-37(33)30-24-14-5-15-25-30/h1-25,33,36H/t33-,36+/m0/s1. The van der Waals surface area contributed by atoms with Gasteiger partial charge in [0.25, 0.3) is 0 Å². The zero-order valence-electron chi connectivity index (χ0n) is 21.4. The molecule has 0 N–H and O–H groups in total. The van der Waals surface area contributed by atoms with Gasteiger partial charge in [-0.25, -0.2) is 5.06 Å². The van der Waals surface area contributed by atoms with E-state index in [-0.39, 0.29) is 12.1 Å². The molecule has 188 valence electrons. The van der Waals surface area contributed by atoms with Gasteiger partial charge in [-0.2, -0.15) is 0 Å². The summed E-state index contributed by atoms with van der Waals surface area (Å²) in [6, 6.07) is 51.9. The summed E-state index contributed by atoms with van der Waals surface area (Å²) >= 11 is 0.